The van der Waals surface area contributed by atoms with Gasteiger partial charge in [-0.25, -0.2) is 14.7 Å². The van der Waals surface area contributed by atoms with Gasteiger partial charge < -0.3 is 14.5 Å². The molecule has 0 saturated carbocycles. The fourth-order valence-electron chi connectivity index (χ4n) is 3.42. The van der Waals surface area contributed by atoms with Crippen molar-refractivity contribution in [2.75, 3.05) is 37.7 Å². The first-order chi connectivity index (χ1) is 14.0. The average molecular weight is 416 g/mol. The summed E-state index contributed by atoms with van der Waals surface area (Å²) in [4.78, 5) is 57.3. The van der Waals surface area contributed by atoms with Crippen LogP contribution in [0.25, 0.3) is 10.2 Å². The van der Waals surface area contributed by atoms with Gasteiger partial charge in [-0.15, -0.1) is 0 Å². The Hall–Kier alpha value is -3.01. The predicted octanol–water partition coefficient (Wildman–Crippen LogP) is 1.86. The average Bonchev–Trinajstić information content (AvgIpc) is 3.29. The number of carbonyl (C=O) groups is 4. The normalized spacial score (nSPS) is 17.3. The van der Waals surface area contributed by atoms with Crippen molar-refractivity contribution < 1.29 is 23.9 Å². The van der Waals surface area contributed by atoms with E-state index in [-0.39, 0.29) is 36.7 Å². The molecule has 1 aromatic carbocycles. The number of anilines is 1. The van der Waals surface area contributed by atoms with Crippen molar-refractivity contribution in [2.45, 2.75) is 19.8 Å². The van der Waals surface area contributed by atoms with Gasteiger partial charge in [0.1, 0.15) is 0 Å². The van der Waals surface area contributed by atoms with Crippen LogP contribution >= 0.6 is 11.3 Å². The molecule has 0 bridgehead atoms. The maximum absolute atomic E-state index is 12.9. The summed E-state index contributed by atoms with van der Waals surface area (Å²) in [6, 6.07) is 5.16. The lowest BCUT2D eigenvalue weighted by molar-refractivity contribution is -0.121. The second-order valence-electron chi connectivity index (χ2n) is 6.78. The van der Waals surface area contributed by atoms with Crippen molar-refractivity contribution in [1.29, 1.82) is 0 Å². The third-order valence-electron chi connectivity index (χ3n) is 4.96. The molecule has 2 aliphatic heterocycles. The summed E-state index contributed by atoms with van der Waals surface area (Å²) in [6.07, 6.45) is 0.0521. The number of hydrogen-bond donors (Lipinski definition) is 0. The number of fused-ring (bicyclic) bond motifs is 1. The summed E-state index contributed by atoms with van der Waals surface area (Å²) in [5.41, 5.74) is 1.15. The summed E-state index contributed by atoms with van der Waals surface area (Å²) in [5.74, 6) is -0.617. The van der Waals surface area contributed by atoms with E-state index in [1.807, 2.05) is 0 Å². The van der Waals surface area contributed by atoms with Gasteiger partial charge in [0.2, 0.25) is 11.8 Å². The highest BCUT2D eigenvalue weighted by Gasteiger charge is 2.33. The Labute approximate surface area is 170 Å². The van der Waals surface area contributed by atoms with E-state index in [4.69, 9.17) is 4.74 Å². The quantitative estimate of drug-likeness (QED) is 0.708. The van der Waals surface area contributed by atoms with Gasteiger partial charge in [0.25, 0.3) is 5.91 Å². The third kappa shape index (κ3) is 3.67. The van der Waals surface area contributed by atoms with Gasteiger partial charge in [0.15, 0.2) is 5.13 Å². The Bertz CT molecular complexity index is 980. The standard InChI is InChI=1S/C19H20N4O5S/c1-2-28-19(27)22-9-7-21(8-10-22)17(26)12-3-4-13-14(11-12)29-18(20-13)23-15(24)5-6-16(23)25/h3-4,11H,2,5-10H2,1H3. The van der Waals surface area contributed by atoms with Gasteiger partial charge in [-0.3, -0.25) is 14.4 Å². The van der Waals surface area contributed by atoms with E-state index in [0.29, 0.717) is 49.0 Å². The van der Waals surface area contributed by atoms with Crippen molar-refractivity contribution in [1.82, 2.24) is 14.8 Å². The monoisotopic (exact) mass is 416 g/mol. The zero-order chi connectivity index (χ0) is 20.5. The number of piperazine rings is 1. The van der Waals surface area contributed by atoms with Crippen LogP contribution in [-0.4, -0.2) is 71.4 Å². The Morgan fingerprint density at radius 3 is 2.38 bits per heavy atom. The number of aromatic nitrogens is 1. The third-order valence-corrected chi connectivity index (χ3v) is 5.96. The molecule has 2 aromatic rings. The molecule has 4 amide bonds. The minimum Gasteiger partial charge on any atom is -0.450 e. The number of imide groups is 1. The molecule has 152 valence electrons. The van der Waals surface area contributed by atoms with Crippen LogP contribution in [0.1, 0.15) is 30.1 Å². The lowest BCUT2D eigenvalue weighted by Gasteiger charge is -2.34. The van der Waals surface area contributed by atoms with E-state index < -0.39 is 0 Å². The van der Waals surface area contributed by atoms with Crippen molar-refractivity contribution in [2.24, 2.45) is 0 Å². The van der Waals surface area contributed by atoms with Crippen molar-refractivity contribution in [3.05, 3.63) is 23.8 Å². The highest BCUT2D eigenvalue weighted by Crippen LogP contribution is 2.32. The van der Waals surface area contributed by atoms with Gasteiger partial charge in [0, 0.05) is 44.6 Å². The van der Waals surface area contributed by atoms with E-state index in [0.717, 1.165) is 9.60 Å². The predicted molar refractivity (Wildman–Crippen MR) is 106 cm³/mol. The van der Waals surface area contributed by atoms with Crippen LogP contribution in [0.2, 0.25) is 0 Å². The molecular formula is C19H20N4O5S. The van der Waals surface area contributed by atoms with Crippen LogP contribution in [0, 0.1) is 0 Å². The Balaban J connectivity index is 1.48. The SMILES string of the molecule is CCOC(=O)N1CCN(C(=O)c2ccc3nc(N4C(=O)CCC4=O)sc3c2)CC1. The summed E-state index contributed by atoms with van der Waals surface area (Å²) in [6.45, 7) is 3.80. The highest BCUT2D eigenvalue weighted by molar-refractivity contribution is 7.22. The molecule has 2 saturated heterocycles. The summed E-state index contributed by atoms with van der Waals surface area (Å²) in [7, 11) is 0. The largest absolute Gasteiger partial charge is 0.450 e. The topological polar surface area (TPSA) is 100 Å². The van der Waals surface area contributed by atoms with E-state index in [2.05, 4.69) is 4.98 Å². The van der Waals surface area contributed by atoms with Crippen LogP contribution in [0.5, 0.6) is 0 Å². The lowest BCUT2D eigenvalue weighted by Crippen LogP contribution is -2.50. The number of nitrogens with zero attached hydrogens (tertiary/aromatic N) is 4. The van der Waals surface area contributed by atoms with Crippen molar-refractivity contribution in [3.8, 4) is 0 Å². The van der Waals surface area contributed by atoms with Crippen LogP contribution in [0.15, 0.2) is 18.2 Å². The van der Waals surface area contributed by atoms with Crippen molar-refractivity contribution >= 4 is 50.5 Å². The zero-order valence-corrected chi connectivity index (χ0v) is 16.7. The van der Waals surface area contributed by atoms with Gasteiger partial charge >= 0.3 is 6.09 Å². The molecule has 4 rings (SSSR count). The molecule has 0 spiro atoms. The van der Waals surface area contributed by atoms with Crippen molar-refractivity contribution in [3.63, 3.8) is 0 Å². The number of hydrogen-bond acceptors (Lipinski definition) is 7. The molecular weight excluding hydrogens is 396 g/mol. The smallest absolute Gasteiger partial charge is 0.409 e. The van der Waals surface area contributed by atoms with E-state index in [1.165, 1.54) is 11.3 Å². The molecule has 0 aliphatic carbocycles. The second kappa shape index (κ2) is 7.78. The molecule has 1 aromatic heterocycles. The number of carbonyl (C=O) groups excluding carboxylic acids is 4. The summed E-state index contributed by atoms with van der Waals surface area (Å²) in [5, 5.41) is 0.347. The maximum atomic E-state index is 12.9. The Morgan fingerprint density at radius 1 is 1.07 bits per heavy atom. The Kier molecular flexibility index (Phi) is 5.18. The van der Waals surface area contributed by atoms with Crippen LogP contribution < -0.4 is 4.90 Å². The molecule has 0 radical (unpaired) electrons. The fraction of sp³-hybridized carbons (Fsp3) is 0.421. The number of rotatable bonds is 3. The van der Waals surface area contributed by atoms with Crippen LogP contribution in [-0.2, 0) is 14.3 Å². The lowest BCUT2D eigenvalue weighted by atomic mass is 10.1. The van der Waals surface area contributed by atoms with Gasteiger partial charge in [-0.2, -0.15) is 0 Å². The minimum absolute atomic E-state index is 0.126. The molecule has 0 N–H and O–H groups in total. The first-order valence-electron chi connectivity index (χ1n) is 9.45. The first-order valence-corrected chi connectivity index (χ1v) is 10.3. The highest BCUT2D eigenvalue weighted by atomic mass is 32.1. The molecule has 0 unspecified atom stereocenters. The number of amides is 4. The maximum Gasteiger partial charge on any atom is 0.409 e. The molecule has 2 aliphatic rings. The molecule has 2 fully saturated rings. The summed E-state index contributed by atoms with van der Waals surface area (Å²) >= 11 is 1.22. The van der Waals surface area contributed by atoms with E-state index in [9.17, 15) is 19.2 Å². The fourth-order valence-corrected chi connectivity index (χ4v) is 4.46. The van der Waals surface area contributed by atoms with Gasteiger partial charge in [-0.05, 0) is 25.1 Å². The van der Waals surface area contributed by atoms with E-state index >= 15 is 0 Å². The minimum atomic E-state index is -0.357. The zero-order valence-electron chi connectivity index (χ0n) is 15.9. The second-order valence-corrected chi connectivity index (χ2v) is 7.79. The number of benzene rings is 1. The molecule has 10 heteroatoms. The molecule has 29 heavy (non-hydrogen) atoms. The Morgan fingerprint density at radius 2 is 1.72 bits per heavy atom. The van der Waals surface area contributed by atoms with E-state index in [1.54, 1.807) is 34.9 Å². The van der Waals surface area contributed by atoms with Crippen LogP contribution in [0.4, 0.5) is 9.93 Å². The molecule has 0 atom stereocenters. The summed E-state index contributed by atoms with van der Waals surface area (Å²) < 4.78 is 5.73. The number of ether oxygens (including phenoxy) is 1. The van der Waals surface area contributed by atoms with Crippen LogP contribution in [0.3, 0.4) is 0 Å². The van der Waals surface area contributed by atoms with Gasteiger partial charge in [-0.1, -0.05) is 11.3 Å². The van der Waals surface area contributed by atoms with Gasteiger partial charge in [0.05, 0.1) is 16.8 Å². The number of thiazole rings is 1. The first kappa shape index (κ1) is 19.3. The molecule has 3 heterocycles. The molecule has 9 nitrogen and oxygen atoms in total.